The molecule has 0 aliphatic heterocycles. The minimum absolute atomic E-state index is 0.0169. The lowest BCUT2D eigenvalue weighted by Gasteiger charge is -2.25. The van der Waals surface area contributed by atoms with E-state index in [1.807, 2.05) is 11.8 Å². The zero-order valence-electron chi connectivity index (χ0n) is 12.3. The maximum absolute atomic E-state index is 12.0. The minimum Gasteiger partial charge on any atom is -0.371 e. The van der Waals surface area contributed by atoms with Crippen molar-refractivity contribution in [3.05, 3.63) is 18.2 Å². The van der Waals surface area contributed by atoms with Gasteiger partial charge in [0.25, 0.3) is 0 Å². The molecule has 21 heavy (non-hydrogen) atoms. The predicted octanol–water partition coefficient (Wildman–Crippen LogP) is 2.10. The molecule has 0 bridgehead atoms. The quantitative estimate of drug-likeness (QED) is 0.658. The summed E-state index contributed by atoms with van der Waals surface area (Å²) >= 11 is 3.35. The molecule has 0 radical (unpaired) electrons. The fraction of sp³-hybridized carbons (Fsp3) is 0.538. The van der Waals surface area contributed by atoms with Crippen molar-refractivity contribution in [2.24, 2.45) is 0 Å². The van der Waals surface area contributed by atoms with Crippen LogP contribution in [-0.4, -0.2) is 47.8 Å². The molecule has 0 amide bonds. The molecule has 0 heterocycles. The van der Waals surface area contributed by atoms with Gasteiger partial charge in [-0.2, -0.15) is 0 Å². The van der Waals surface area contributed by atoms with Gasteiger partial charge < -0.3 is 4.90 Å². The van der Waals surface area contributed by atoms with Gasteiger partial charge in [0.2, 0.25) is 0 Å². The van der Waals surface area contributed by atoms with E-state index in [9.17, 15) is 16.8 Å². The molecule has 120 valence electrons. The molecule has 1 aromatic rings. The number of benzene rings is 1. The fourth-order valence-corrected chi connectivity index (χ4v) is 3.87. The van der Waals surface area contributed by atoms with E-state index in [-0.39, 0.29) is 9.79 Å². The van der Waals surface area contributed by atoms with Crippen molar-refractivity contribution in [1.29, 1.82) is 0 Å². The normalized spacial score (nSPS) is 12.4. The number of anilines is 1. The van der Waals surface area contributed by atoms with E-state index in [4.69, 9.17) is 0 Å². The van der Waals surface area contributed by atoms with Gasteiger partial charge in [0.1, 0.15) is 0 Å². The Morgan fingerprint density at radius 1 is 1.10 bits per heavy atom. The third kappa shape index (κ3) is 4.96. The zero-order valence-corrected chi connectivity index (χ0v) is 15.6. The molecule has 0 unspecified atom stereocenters. The molecule has 8 heteroatoms. The maximum atomic E-state index is 12.0. The van der Waals surface area contributed by atoms with Gasteiger partial charge in [-0.3, -0.25) is 0 Å². The van der Waals surface area contributed by atoms with E-state index >= 15 is 0 Å². The van der Waals surface area contributed by atoms with Crippen LogP contribution < -0.4 is 4.90 Å². The van der Waals surface area contributed by atoms with Crippen LogP contribution in [0.4, 0.5) is 5.69 Å². The lowest BCUT2D eigenvalue weighted by Crippen LogP contribution is -2.26. The van der Waals surface area contributed by atoms with Crippen molar-refractivity contribution >= 4 is 41.3 Å². The van der Waals surface area contributed by atoms with Crippen LogP contribution >= 0.6 is 15.9 Å². The molecule has 0 saturated carbocycles. The summed E-state index contributed by atoms with van der Waals surface area (Å²) in [6.07, 6.45) is 3.03. The van der Waals surface area contributed by atoms with Crippen molar-refractivity contribution in [2.75, 3.05) is 35.8 Å². The number of rotatable bonds is 7. The van der Waals surface area contributed by atoms with Crippen molar-refractivity contribution < 1.29 is 16.8 Å². The number of alkyl halides is 1. The van der Waals surface area contributed by atoms with Crippen LogP contribution in [0.5, 0.6) is 0 Å². The van der Waals surface area contributed by atoms with Gasteiger partial charge in [0.05, 0.1) is 15.5 Å². The predicted molar refractivity (Wildman–Crippen MR) is 89.0 cm³/mol. The molecule has 0 saturated heterocycles. The van der Waals surface area contributed by atoms with E-state index < -0.39 is 19.7 Å². The van der Waals surface area contributed by atoms with Crippen molar-refractivity contribution in [3.63, 3.8) is 0 Å². The fourth-order valence-electron chi connectivity index (χ4n) is 1.98. The van der Waals surface area contributed by atoms with E-state index in [2.05, 4.69) is 15.9 Å². The lowest BCUT2D eigenvalue weighted by molar-refractivity contribution is 0.599. The second-order valence-corrected chi connectivity index (χ2v) is 9.59. The first-order valence-corrected chi connectivity index (χ1v) is 11.4. The Balaban J connectivity index is 3.45. The average Bonchev–Trinajstić information content (AvgIpc) is 2.37. The number of hydrogen-bond acceptors (Lipinski definition) is 5. The van der Waals surface area contributed by atoms with Crippen LogP contribution in [0.2, 0.25) is 0 Å². The molecule has 0 N–H and O–H groups in total. The van der Waals surface area contributed by atoms with Crippen LogP contribution in [0.1, 0.15) is 13.3 Å². The summed E-state index contributed by atoms with van der Waals surface area (Å²) in [6, 6.07) is 4.28. The Labute approximate surface area is 135 Å². The number of hydrogen-bond donors (Lipinski definition) is 0. The minimum atomic E-state index is -3.51. The van der Waals surface area contributed by atoms with Crippen LogP contribution in [0.15, 0.2) is 28.0 Å². The Hall–Kier alpha value is -0.600. The van der Waals surface area contributed by atoms with Crippen molar-refractivity contribution in [2.45, 2.75) is 23.1 Å². The van der Waals surface area contributed by atoms with Crippen LogP contribution in [0.3, 0.4) is 0 Å². The summed E-state index contributed by atoms with van der Waals surface area (Å²) in [5.41, 5.74) is 0.549. The Bertz CT molecular complexity index is 699. The molecule has 5 nitrogen and oxygen atoms in total. The first-order chi connectivity index (χ1) is 9.61. The van der Waals surface area contributed by atoms with E-state index in [1.165, 1.54) is 12.1 Å². The molecule has 0 aromatic heterocycles. The van der Waals surface area contributed by atoms with Crippen LogP contribution in [0.25, 0.3) is 0 Å². The summed E-state index contributed by atoms with van der Waals surface area (Å²) in [7, 11) is -6.96. The molecular weight excluding hydrogens is 378 g/mol. The summed E-state index contributed by atoms with van der Waals surface area (Å²) in [6.45, 7) is 3.28. The third-order valence-corrected chi connectivity index (χ3v) is 5.84. The van der Waals surface area contributed by atoms with Crippen molar-refractivity contribution in [1.82, 2.24) is 0 Å². The van der Waals surface area contributed by atoms with E-state index in [1.54, 1.807) is 6.07 Å². The summed E-state index contributed by atoms with van der Waals surface area (Å²) in [5, 5.41) is 0.819. The largest absolute Gasteiger partial charge is 0.371 e. The molecule has 1 aromatic carbocycles. The molecular formula is C13H20BrNO4S2. The zero-order chi connectivity index (χ0) is 16.3. The highest BCUT2D eigenvalue weighted by atomic mass is 79.9. The summed E-state index contributed by atoms with van der Waals surface area (Å²) in [4.78, 5) is 2.01. The SMILES string of the molecule is CCN(CCCBr)c1ccc(S(C)(=O)=O)cc1S(C)(=O)=O. The van der Waals surface area contributed by atoms with Crippen LogP contribution in [0, 0.1) is 0 Å². The Morgan fingerprint density at radius 2 is 1.71 bits per heavy atom. The van der Waals surface area contributed by atoms with E-state index in [0.29, 0.717) is 18.8 Å². The highest BCUT2D eigenvalue weighted by Crippen LogP contribution is 2.28. The van der Waals surface area contributed by atoms with Gasteiger partial charge in [-0.05, 0) is 31.5 Å². The topological polar surface area (TPSA) is 71.5 Å². The first-order valence-electron chi connectivity index (χ1n) is 6.46. The van der Waals surface area contributed by atoms with E-state index in [0.717, 1.165) is 24.3 Å². The molecule has 0 aliphatic rings. The molecule has 0 fully saturated rings. The van der Waals surface area contributed by atoms with Gasteiger partial charge in [0.15, 0.2) is 19.7 Å². The van der Waals surface area contributed by atoms with Gasteiger partial charge in [-0.1, -0.05) is 15.9 Å². The highest BCUT2D eigenvalue weighted by Gasteiger charge is 2.20. The second kappa shape index (κ2) is 7.11. The van der Waals surface area contributed by atoms with Crippen molar-refractivity contribution in [3.8, 4) is 0 Å². The highest BCUT2D eigenvalue weighted by molar-refractivity contribution is 9.09. The average molecular weight is 398 g/mol. The van der Waals surface area contributed by atoms with Gasteiger partial charge >= 0.3 is 0 Å². The first kappa shape index (κ1) is 18.4. The van der Waals surface area contributed by atoms with Gasteiger partial charge in [0, 0.05) is 30.9 Å². The smallest absolute Gasteiger partial charge is 0.177 e. The summed E-state index contributed by atoms with van der Waals surface area (Å²) in [5.74, 6) is 0. The number of nitrogens with zero attached hydrogens (tertiary/aromatic N) is 1. The van der Waals surface area contributed by atoms with Crippen LogP contribution in [-0.2, 0) is 19.7 Å². The molecule has 0 spiro atoms. The number of sulfone groups is 2. The Kier molecular flexibility index (Phi) is 6.24. The molecule has 0 atom stereocenters. The third-order valence-electron chi connectivity index (χ3n) is 3.04. The van der Waals surface area contributed by atoms with Gasteiger partial charge in [-0.15, -0.1) is 0 Å². The Morgan fingerprint density at radius 3 is 2.14 bits per heavy atom. The number of halogens is 1. The molecule has 0 aliphatic carbocycles. The lowest BCUT2D eigenvalue weighted by atomic mass is 10.2. The van der Waals surface area contributed by atoms with Gasteiger partial charge in [-0.25, -0.2) is 16.8 Å². The second-order valence-electron chi connectivity index (χ2n) is 4.80. The standard InChI is InChI=1S/C13H20BrNO4S2/c1-4-15(9-5-8-14)12-7-6-11(20(2,16)17)10-13(12)21(3,18)19/h6-7,10H,4-5,8-9H2,1-3H3. The molecule has 1 rings (SSSR count). The monoisotopic (exact) mass is 397 g/mol. The summed E-state index contributed by atoms with van der Waals surface area (Å²) < 4.78 is 47.2. The maximum Gasteiger partial charge on any atom is 0.177 e.